The van der Waals surface area contributed by atoms with Crippen LogP contribution in [0.2, 0.25) is 0 Å². The lowest BCUT2D eigenvalue weighted by Crippen LogP contribution is -2.34. The van der Waals surface area contributed by atoms with Gasteiger partial charge in [0.05, 0.1) is 18.8 Å². The average molecular weight is 212 g/mol. The Morgan fingerprint density at radius 3 is 2.73 bits per heavy atom. The second-order valence-corrected chi connectivity index (χ2v) is 3.10. The highest BCUT2D eigenvalue weighted by Crippen LogP contribution is 2.26. The third-order valence-corrected chi connectivity index (χ3v) is 1.81. The Morgan fingerprint density at radius 2 is 2.13 bits per heavy atom. The molecule has 5 heteroatoms. The zero-order valence-corrected chi connectivity index (χ0v) is 8.63. The van der Waals surface area contributed by atoms with E-state index < -0.39 is 6.29 Å². The summed E-state index contributed by atoms with van der Waals surface area (Å²) in [6, 6.07) is 7.06. The molecule has 1 rings (SSSR count). The molecule has 0 bridgehead atoms. The van der Waals surface area contributed by atoms with Crippen molar-refractivity contribution in [2.75, 3.05) is 18.2 Å². The highest BCUT2D eigenvalue weighted by Gasteiger charge is 2.09. The maximum atomic E-state index is 9.11. The lowest BCUT2D eigenvalue weighted by atomic mass is 10.3. The first kappa shape index (κ1) is 11.8. The van der Waals surface area contributed by atoms with Crippen molar-refractivity contribution < 1.29 is 14.9 Å². The van der Waals surface area contributed by atoms with E-state index in [1.807, 2.05) is 6.07 Å². The van der Waals surface area contributed by atoms with Crippen LogP contribution in [0.25, 0.3) is 0 Å². The van der Waals surface area contributed by atoms with Crippen LogP contribution in [0.15, 0.2) is 24.3 Å². The van der Waals surface area contributed by atoms with E-state index in [1.54, 1.807) is 18.2 Å². The normalized spacial score (nSPS) is 12.3. The number of hydrazine groups is 1. The summed E-state index contributed by atoms with van der Waals surface area (Å²) >= 11 is 0. The monoisotopic (exact) mass is 212 g/mol. The van der Waals surface area contributed by atoms with Crippen LogP contribution in [0.3, 0.4) is 0 Å². The number of aliphatic hydroxyl groups excluding tert-OH is 2. The molecule has 0 saturated heterocycles. The first-order valence-electron chi connectivity index (χ1n) is 4.72. The van der Waals surface area contributed by atoms with Crippen LogP contribution in [0, 0.1) is 0 Å². The molecular weight excluding hydrogens is 196 g/mol. The van der Waals surface area contributed by atoms with Crippen molar-refractivity contribution >= 4 is 5.69 Å². The van der Waals surface area contributed by atoms with Gasteiger partial charge < -0.3 is 20.0 Å². The van der Waals surface area contributed by atoms with E-state index in [4.69, 9.17) is 20.8 Å². The van der Waals surface area contributed by atoms with Gasteiger partial charge in [-0.05, 0) is 19.1 Å². The maximum Gasteiger partial charge on any atom is 0.194 e. The molecule has 0 aliphatic heterocycles. The smallest absolute Gasteiger partial charge is 0.194 e. The molecule has 0 amide bonds. The molecule has 5 nitrogen and oxygen atoms in total. The van der Waals surface area contributed by atoms with Crippen LogP contribution in [0.1, 0.15) is 6.92 Å². The largest absolute Gasteiger partial charge is 0.463 e. The number of nitrogens with two attached hydrogens (primary N) is 1. The standard InChI is InChI=1S/C10H16N2O3/c1-8(14)15-10-5-3-2-4-9(10)12(11)6-7-13/h2-5,8,13-14H,6-7,11H2,1H3. The van der Waals surface area contributed by atoms with E-state index >= 15 is 0 Å². The Bertz CT molecular complexity index is 304. The molecule has 1 atom stereocenters. The summed E-state index contributed by atoms with van der Waals surface area (Å²) in [5, 5.41) is 19.2. The zero-order chi connectivity index (χ0) is 11.3. The van der Waals surface area contributed by atoms with Crippen LogP contribution in [-0.4, -0.2) is 29.7 Å². The quantitative estimate of drug-likeness (QED) is 0.366. The second-order valence-electron chi connectivity index (χ2n) is 3.10. The fraction of sp³-hybridized carbons (Fsp3) is 0.400. The molecule has 0 aliphatic rings. The third-order valence-electron chi connectivity index (χ3n) is 1.81. The summed E-state index contributed by atoms with van der Waals surface area (Å²) in [4.78, 5) is 0. The molecule has 1 aromatic carbocycles. The van der Waals surface area contributed by atoms with Gasteiger partial charge in [-0.15, -0.1) is 0 Å². The molecule has 4 N–H and O–H groups in total. The van der Waals surface area contributed by atoms with Crippen molar-refractivity contribution in [3.8, 4) is 5.75 Å². The van der Waals surface area contributed by atoms with Gasteiger partial charge in [-0.25, -0.2) is 5.84 Å². The van der Waals surface area contributed by atoms with Crippen molar-refractivity contribution in [3.05, 3.63) is 24.3 Å². The number of para-hydroxylation sites is 2. The summed E-state index contributed by atoms with van der Waals surface area (Å²) < 4.78 is 5.17. The maximum absolute atomic E-state index is 9.11. The number of anilines is 1. The Labute approximate surface area is 88.7 Å². The van der Waals surface area contributed by atoms with Gasteiger partial charge in [-0.3, -0.25) is 0 Å². The number of rotatable bonds is 5. The van der Waals surface area contributed by atoms with Crippen molar-refractivity contribution in [1.82, 2.24) is 0 Å². The van der Waals surface area contributed by atoms with E-state index in [1.165, 1.54) is 11.9 Å². The molecule has 1 unspecified atom stereocenters. The number of hydrogen-bond donors (Lipinski definition) is 3. The minimum absolute atomic E-state index is 0.0421. The molecule has 15 heavy (non-hydrogen) atoms. The highest BCUT2D eigenvalue weighted by molar-refractivity contribution is 5.57. The van der Waals surface area contributed by atoms with Gasteiger partial charge >= 0.3 is 0 Å². The number of aliphatic hydroxyl groups is 2. The third kappa shape index (κ3) is 3.39. The van der Waals surface area contributed by atoms with Crippen LogP contribution < -0.4 is 15.6 Å². The summed E-state index contributed by atoms with van der Waals surface area (Å²) in [6.07, 6.45) is -0.895. The molecular formula is C10H16N2O3. The number of benzene rings is 1. The fourth-order valence-corrected chi connectivity index (χ4v) is 1.21. The van der Waals surface area contributed by atoms with Gasteiger partial charge in [0, 0.05) is 0 Å². The minimum Gasteiger partial charge on any atom is -0.463 e. The SMILES string of the molecule is CC(O)Oc1ccccc1N(N)CCO. The molecule has 0 aliphatic carbocycles. The molecule has 0 heterocycles. The molecule has 84 valence electrons. The minimum atomic E-state index is -0.895. The Balaban J connectivity index is 2.85. The van der Waals surface area contributed by atoms with Gasteiger partial charge in [0.2, 0.25) is 0 Å². The lowest BCUT2D eigenvalue weighted by Gasteiger charge is -2.21. The van der Waals surface area contributed by atoms with E-state index in [0.717, 1.165) is 0 Å². The first-order chi connectivity index (χ1) is 7.15. The van der Waals surface area contributed by atoms with Crippen molar-refractivity contribution in [3.63, 3.8) is 0 Å². The number of nitrogens with zero attached hydrogens (tertiary/aromatic N) is 1. The molecule has 1 aromatic rings. The molecule has 0 fully saturated rings. The zero-order valence-electron chi connectivity index (χ0n) is 8.63. The van der Waals surface area contributed by atoms with Gasteiger partial charge in [-0.2, -0.15) is 0 Å². The molecule has 0 aromatic heterocycles. The van der Waals surface area contributed by atoms with E-state index in [9.17, 15) is 0 Å². The van der Waals surface area contributed by atoms with Crippen molar-refractivity contribution in [2.24, 2.45) is 5.84 Å². The Kier molecular flexibility index (Phi) is 4.36. The predicted octanol–water partition coefficient (Wildman–Crippen LogP) is 0.0761. The van der Waals surface area contributed by atoms with Crippen molar-refractivity contribution in [1.29, 1.82) is 0 Å². The van der Waals surface area contributed by atoms with Gasteiger partial charge in [0.1, 0.15) is 5.75 Å². The van der Waals surface area contributed by atoms with Gasteiger partial charge in [0.25, 0.3) is 0 Å². The van der Waals surface area contributed by atoms with Crippen LogP contribution in [0.5, 0.6) is 5.75 Å². The summed E-state index contributed by atoms with van der Waals surface area (Å²) in [5.74, 6) is 6.18. The predicted molar refractivity (Wildman–Crippen MR) is 57.4 cm³/mol. The van der Waals surface area contributed by atoms with Crippen LogP contribution in [0.4, 0.5) is 5.69 Å². The average Bonchev–Trinajstić information content (AvgIpc) is 2.18. The fourth-order valence-electron chi connectivity index (χ4n) is 1.21. The lowest BCUT2D eigenvalue weighted by molar-refractivity contribution is 0.0000374. The Morgan fingerprint density at radius 1 is 1.47 bits per heavy atom. The van der Waals surface area contributed by atoms with Crippen LogP contribution >= 0.6 is 0 Å². The van der Waals surface area contributed by atoms with Crippen molar-refractivity contribution in [2.45, 2.75) is 13.2 Å². The summed E-state index contributed by atoms with van der Waals surface area (Å²) in [6.45, 7) is 1.78. The summed E-state index contributed by atoms with van der Waals surface area (Å²) in [5.41, 5.74) is 0.632. The molecule has 0 spiro atoms. The van der Waals surface area contributed by atoms with E-state index in [2.05, 4.69) is 0 Å². The van der Waals surface area contributed by atoms with Gasteiger partial charge in [-0.1, -0.05) is 12.1 Å². The number of hydrogen-bond acceptors (Lipinski definition) is 5. The number of ether oxygens (including phenoxy) is 1. The topological polar surface area (TPSA) is 79.0 Å². The van der Waals surface area contributed by atoms with E-state index in [-0.39, 0.29) is 6.61 Å². The van der Waals surface area contributed by atoms with Crippen LogP contribution in [-0.2, 0) is 0 Å². The summed E-state index contributed by atoms with van der Waals surface area (Å²) in [7, 11) is 0. The molecule has 0 radical (unpaired) electrons. The second kappa shape index (κ2) is 5.55. The van der Waals surface area contributed by atoms with E-state index in [0.29, 0.717) is 18.0 Å². The van der Waals surface area contributed by atoms with Gasteiger partial charge in [0.15, 0.2) is 6.29 Å². The first-order valence-corrected chi connectivity index (χ1v) is 4.72. The Hall–Kier alpha value is -1.30. The highest BCUT2D eigenvalue weighted by atomic mass is 16.6. The molecule has 0 saturated carbocycles.